The molecule has 6 aromatic rings. The SMILES string of the molecule is COC(C)(C=O)C(OC(CCOC(N1N=C(c2ccccc2Cl)O[C@@]1(CCCN)c1ccccc1)[C@@](C)(C=O)OC)(Cc1[c]cccc1Cl)c1ccccc1F)N1N=C(c2ccccc2F)O[C@@]1(CCCN)c1ccccc1. The molecule has 4 N–H and O–H groups in total. The van der Waals surface area contributed by atoms with Crippen molar-refractivity contribution in [3.8, 4) is 0 Å². The second-order valence-electron chi connectivity index (χ2n) is 19.4. The van der Waals surface area contributed by atoms with Gasteiger partial charge in [0.15, 0.2) is 36.2 Å². The molecule has 2 heterocycles. The zero-order chi connectivity index (χ0) is 55.6. The molecule has 6 aromatic carbocycles. The third-order valence-electron chi connectivity index (χ3n) is 14.4. The topological polar surface area (TPSA) is 173 Å². The lowest BCUT2D eigenvalue weighted by Crippen LogP contribution is -2.61. The van der Waals surface area contributed by atoms with E-state index in [9.17, 15) is 9.59 Å². The van der Waals surface area contributed by atoms with Crippen molar-refractivity contribution in [1.29, 1.82) is 0 Å². The predicted molar refractivity (Wildman–Crippen MR) is 294 cm³/mol. The molecule has 18 heteroatoms. The Kier molecular flexibility index (Phi) is 18.5. The lowest BCUT2D eigenvalue weighted by molar-refractivity contribution is -0.277. The van der Waals surface area contributed by atoms with Crippen LogP contribution in [0.2, 0.25) is 10.0 Å². The summed E-state index contributed by atoms with van der Waals surface area (Å²) < 4.78 is 74.2. The van der Waals surface area contributed by atoms with Crippen LogP contribution in [0, 0.1) is 17.7 Å². The lowest BCUT2D eigenvalue weighted by Gasteiger charge is -2.49. The van der Waals surface area contributed by atoms with Gasteiger partial charge in [-0.25, -0.2) is 18.8 Å². The van der Waals surface area contributed by atoms with Gasteiger partial charge < -0.3 is 39.9 Å². The first-order chi connectivity index (χ1) is 37.7. The molecule has 4 unspecified atom stereocenters. The third kappa shape index (κ3) is 11.4. The Bertz CT molecular complexity index is 3080. The van der Waals surface area contributed by atoms with Gasteiger partial charge in [0.1, 0.15) is 17.2 Å². The van der Waals surface area contributed by atoms with Crippen molar-refractivity contribution < 1.29 is 46.8 Å². The van der Waals surface area contributed by atoms with E-state index in [1.807, 2.05) is 48.5 Å². The highest BCUT2D eigenvalue weighted by Crippen LogP contribution is 2.49. The monoisotopic (exact) mass is 1100 g/mol. The molecule has 0 saturated heterocycles. The van der Waals surface area contributed by atoms with E-state index in [4.69, 9.17) is 73.3 Å². The van der Waals surface area contributed by atoms with E-state index in [2.05, 4.69) is 6.07 Å². The number of rotatable bonds is 27. The number of hydrogen-bond acceptors (Lipinski definition) is 14. The second-order valence-corrected chi connectivity index (χ2v) is 20.2. The number of nitrogens with two attached hydrogens (primary N) is 2. The molecular weight excluding hydrogens is 1040 g/mol. The maximum Gasteiger partial charge on any atom is 0.243 e. The number of nitrogens with zero attached hydrogens (tertiary/aromatic N) is 4. The molecule has 2 aliphatic heterocycles. The number of benzene rings is 6. The van der Waals surface area contributed by atoms with Gasteiger partial charge in [-0.15, -0.1) is 10.2 Å². The first-order valence-electron chi connectivity index (χ1n) is 25.6. The number of ether oxygens (including phenoxy) is 6. The van der Waals surface area contributed by atoms with E-state index in [0.29, 0.717) is 52.7 Å². The summed E-state index contributed by atoms with van der Waals surface area (Å²) in [6.45, 7) is 3.18. The van der Waals surface area contributed by atoms with Crippen LogP contribution in [-0.4, -0.2) is 92.0 Å². The molecule has 409 valence electrons. The van der Waals surface area contributed by atoms with Crippen molar-refractivity contribution in [2.24, 2.45) is 21.7 Å². The first-order valence-corrected chi connectivity index (χ1v) is 26.3. The quantitative estimate of drug-likeness (QED) is 0.0468. The molecule has 2 aliphatic rings. The van der Waals surface area contributed by atoms with Crippen molar-refractivity contribution >= 4 is 47.6 Å². The van der Waals surface area contributed by atoms with Gasteiger partial charge in [-0.3, -0.25) is 9.59 Å². The van der Waals surface area contributed by atoms with Crippen molar-refractivity contribution in [3.63, 3.8) is 0 Å². The predicted octanol–water partition coefficient (Wildman–Crippen LogP) is 10.4. The van der Waals surface area contributed by atoms with Crippen LogP contribution < -0.4 is 11.5 Å². The minimum absolute atomic E-state index is 0.00788. The van der Waals surface area contributed by atoms with E-state index < -0.39 is 52.3 Å². The van der Waals surface area contributed by atoms with Crippen LogP contribution in [0.25, 0.3) is 0 Å². The van der Waals surface area contributed by atoms with Gasteiger partial charge in [-0.2, -0.15) is 0 Å². The number of carbonyl (C=O) groups is 2. The highest BCUT2D eigenvalue weighted by atomic mass is 35.5. The van der Waals surface area contributed by atoms with E-state index in [1.54, 1.807) is 90.8 Å². The Hall–Kier alpha value is -6.60. The maximum absolute atomic E-state index is 17.3. The Balaban J connectivity index is 1.35. The minimum atomic E-state index is -1.97. The summed E-state index contributed by atoms with van der Waals surface area (Å²) in [6, 6.07) is 45.7. The molecule has 7 atom stereocenters. The molecule has 0 spiro atoms. The molecule has 0 saturated carbocycles. The van der Waals surface area contributed by atoms with E-state index in [1.165, 1.54) is 50.4 Å². The molecule has 8 rings (SSSR count). The fourth-order valence-corrected chi connectivity index (χ4v) is 10.3. The van der Waals surface area contributed by atoms with Crippen molar-refractivity contribution in [1.82, 2.24) is 10.0 Å². The molecule has 0 amide bonds. The van der Waals surface area contributed by atoms with E-state index in [-0.39, 0.29) is 73.3 Å². The molecule has 1 radical (unpaired) electrons. The zero-order valence-electron chi connectivity index (χ0n) is 43.8. The second kappa shape index (κ2) is 25.0. The van der Waals surface area contributed by atoms with Gasteiger partial charge in [-0.1, -0.05) is 138 Å². The molecule has 0 aromatic heterocycles. The largest absolute Gasteiger partial charge is 0.443 e. The average molecular weight is 1110 g/mol. The van der Waals surface area contributed by atoms with Gasteiger partial charge in [0.25, 0.3) is 0 Å². The van der Waals surface area contributed by atoms with Crippen LogP contribution in [0.3, 0.4) is 0 Å². The van der Waals surface area contributed by atoms with Gasteiger partial charge in [0, 0.05) is 61.6 Å². The van der Waals surface area contributed by atoms with Crippen molar-refractivity contribution in [2.45, 2.75) is 93.1 Å². The van der Waals surface area contributed by atoms with Crippen molar-refractivity contribution in [2.75, 3.05) is 33.9 Å². The van der Waals surface area contributed by atoms with Crippen molar-refractivity contribution in [3.05, 3.63) is 213 Å². The Morgan fingerprint density at radius 1 is 0.654 bits per heavy atom. The van der Waals surface area contributed by atoms with Crippen LogP contribution in [0.4, 0.5) is 8.78 Å². The van der Waals surface area contributed by atoms with Gasteiger partial charge in [0.05, 0.1) is 22.8 Å². The minimum Gasteiger partial charge on any atom is -0.443 e. The fraction of sp³-hybridized carbons (Fsp3) is 0.333. The average Bonchev–Trinajstić information content (AvgIpc) is 4.09. The Morgan fingerprint density at radius 2 is 1.14 bits per heavy atom. The standard InChI is InChI=1S/C60H63Cl2F2N6O8/c1-56(40-71,73-3)54(69-59(33-19-36-65,43-22-7-5-8-23-43)76-52(67-69)45-26-12-16-30-49(45)62)75-38-35-58(47-28-14-18-32-51(47)64,39-42-21-11-15-29-48(42)61)78-55(57(2,41-72)74-4)70-60(34-20-37-66,44-24-9-6-10-25-44)77-53(68-70)46-27-13-17-31-50(46)63/h5-18,22-32,40-41,54-55H,19-20,33-39,65-66H2,1-4H3/t54?,55?,56-,57?,58?,59+,60+/m1/s1. The summed E-state index contributed by atoms with van der Waals surface area (Å²) in [5.41, 5.74) is 5.72. The smallest absolute Gasteiger partial charge is 0.243 e. The molecule has 0 aliphatic carbocycles. The normalized spacial score (nSPS) is 20.3. The summed E-state index contributed by atoms with van der Waals surface area (Å²) in [6.07, 6.45) is -1.21. The van der Waals surface area contributed by atoms with E-state index >= 15 is 8.78 Å². The molecule has 0 bridgehead atoms. The summed E-state index contributed by atoms with van der Waals surface area (Å²) >= 11 is 13.8. The fourth-order valence-electron chi connectivity index (χ4n) is 9.90. The molecule has 14 nitrogen and oxygen atoms in total. The van der Waals surface area contributed by atoms with Gasteiger partial charge in [0.2, 0.25) is 23.2 Å². The number of carbonyl (C=O) groups excluding carboxylic acids is 2. The molecule has 0 fully saturated rings. The number of halogens is 4. The maximum atomic E-state index is 17.3. The van der Waals surface area contributed by atoms with Crippen LogP contribution in [0.15, 0.2) is 162 Å². The Morgan fingerprint density at radius 3 is 1.67 bits per heavy atom. The first kappa shape index (κ1) is 57.6. The van der Waals surface area contributed by atoms with E-state index in [0.717, 1.165) is 0 Å². The summed E-state index contributed by atoms with van der Waals surface area (Å²) in [4.78, 5) is 27.6. The van der Waals surface area contributed by atoms with Crippen LogP contribution in [0.1, 0.15) is 79.3 Å². The Labute approximate surface area is 463 Å². The molecule has 78 heavy (non-hydrogen) atoms. The van der Waals surface area contributed by atoms with Crippen LogP contribution in [-0.2, 0) is 61.5 Å². The number of hydrazone groups is 2. The van der Waals surface area contributed by atoms with Crippen LogP contribution in [0.5, 0.6) is 0 Å². The summed E-state index contributed by atoms with van der Waals surface area (Å²) in [7, 11) is 2.70. The van der Waals surface area contributed by atoms with Gasteiger partial charge in [-0.05, 0) is 87.8 Å². The lowest BCUT2D eigenvalue weighted by atomic mass is 9.83. The summed E-state index contributed by atoms with van der Waals surface area (Å²) in [5.74, 6) is -1.33. The summed E-state index contributed by atoms with van der Waals surface area (Å²) in [5, 5.41) is 13.7. The van der Waals surface area contributed by atoms with Gasteiger partial charge >= 0.3 is 0 Å². The highest BCUT2D eigenvalue weighted by Gasteiger charge is 2.59. The number of aldehydes is 2. The zero-order valence-corrected chi connectivity index (χ0v) is 45.3. The molecular formula is C60H63Cl2F2N6O8. The van der Waals surface area contributed by atoms with Crippen LogP contribution >= 0.6 is 23.2 Å². The third-order valence-corrected chi connectivity index (χ3v) is 15.1. The highest BCUT2D eigenvalue weighted by molar-refractivity contribution is 6.33. The number of hydrogen-bond donors (Lipinski definition) is 2. The number of methoxy groups -OCH3 is 2.